The highest BCUT2D eigenvalue weighted by atomic mass is 19.4. The number of alkyl halides is 3. The maximum absolute atomic E-state index is 13.5. The summed E-state index contributed by atoms with van der Waals surface area (Å²) in [7, 11) is 0. The SMILES string of the molecule is NC(=O)C1CCN(C(=O)C#Cc2ccc(-c3ccccc3)c(C(F)(F)F)c2)CC1. The first-order valence-corrected chi connectivity index (χ1v) is 9.12. The third-order valence-electron chi connectivity index (χ3n) is 4.91. The van der Waals surface area contributed by atoms with Gasteiger partial charge in [-0.05, 0) is 36.1 Å². The van der Waals surface area contributed by atoms with Crippen LogP contribution in [0.15, 0.2) is 48.5 Å². The number of halogens is 3. The number of amides is 2. The molecule has 1 saturated heterocycles. The number of likely N-dealkylation sites (tertiary alicyclic amines) is 1. The highest BCUT2D eigenvalue weighted by Crippen LogP contribution is 2.37. The Morgan fingerprint density at radius 1 is 1.03 bits per heavy atom. The van der Waals surface area contributed by atoms with Crippen LogP contribution in [-0.4, -0.2) is 29.8 Å². The highest BCUT2D eigenvalue weighted by molar-refractivity contribution is 5.94. The fourth-order valence-electron chi connectivity index (χ4n) is 3.30. The molecular formula is C22H19F3N2O2. The third-order valence-corrected chi connectivity index (χ3v) is 4.91. The number of nitrogens with two attached hydrogens (primary N) is 1. The van der Waals surface area contributed by atoms with Gasteiger partial charge in [-0.25, -0.2) is 0 Å². The molecule has 0 radical (unpaired) electrons. The molecule has 7 heteroatoms. The third kappa shape index (κ3) is 4.96. The maximum atomic E-state index is 13.5. The van der Waals surface area contributed by atoms with E-state index >= 15 is 0 Å². The molecule has 1 heterocycles. The van der Waals surface area contributed by atoms with Crippen LogP contribution in [0.3, 0.4) is 0 Å². The molecule has 1 aliphatic heterocycles. The first-order chi connectivity index (χ1) is 13.8. The van der Waals surface area contributed by atoms with Crippen LogP contribution in [0.1, 0.15) is 24.0 Å². The molecule has 0 spiro atoms. The van der Waals surface area contributed by atoms with Gasteiger partial charge in [-0.2, -0.15) is 13.2 Å². The lowest BCUT2D eigenvalue weighted by Crippen LogP contribution is -2.41. The van der Waals surface area contributed by atoms with Crippen LogP contribution >= 0.6 is 0 Å². The smallest absolute Gasteiger partial charge is 0.369 e. The van der Waals surface area contributed by atoms with Crippen LogP contribution in [0.2, 0.25) is 0 Å². The van der Waals surface area contributed by atoms with Crippen LogP contribution in [0.5, 0.6) is 0 Å². The fraction of sp³-hybridized carbons (Fsp3) is 0.273. The molecule has 0 aromatic heterocycles. The summed E-state index contributed by atoms with van der Waals surface area (Å²) in [6, 6.07) is 12.1. The minimum atomic E-state index is -4.55. The lowest BCUT2D eigenvalue weighted by Gasteiger charge is -2.28. The molecule has 3 rings (SSSR count). The van der Waals surface area contributed by atoms with Gasteiger partial charge in [0.1, 0.15) is 0 Å². The normalized spacial score (nSPS) is 14.8. The summed E-state index contributed by atoms with van der Waals surface area (Å²) in [6.45, 7) is 0.698. The zero-order valence-corrected chi connectivity index (χ0v) is 15.5. The summed E-state index contributed by atoms with van der Waals surface area (Å²) in [4.78, 5) is 24.9. The zero-order valence-electron chi connectivity index (χ0n) is 15.5. The molecular weight excluding hydrogens is 381 g/mol. The monoisotopic (exact) mass is 400 g/mol. The van der Waals surface area contributed by atoms with E-state index in [4.69, 9.17) is 5.73 Å². The van der Waals surface area contributed by atoms with E-state index in [1.54, 1.807) is 30.3 Å². The number of hydrogen-bond donors (Lipinski definition) is 1. The lowest BCUT2D eigenvalue weighted by atomic mass is 9.96. The van der Waals surface area contributed by atoms with Gasteiger partial charge in [0.05, 0.1) is 5.56 Å². The molecule has 1 aliphatic rings. The topological polar surface area (TPSA) is 63.4 Å². The second kappa shape index (κ2) is 8.39. The fourth-order valence-corrected chi connectivity index (χ4v) is 3.30. The van der Waals surface area contributed by atoms with Crippen molar-refractivity contribution >= 4 is 11.8 Å². The van der Waals surface area contributed by atoms with Crippen molar-refractivity contribution in [3.05, 3.63) is 59.7 Å². The van der Waals surface area contributed by atoms with E-state index in [2.05, 4.69) is 11.8 Å². The van der Waals surface area contributed by atoms with Crippen molar-refractivity contribution in [2.24, 2.45) is 11.7 Å². The predicted octanol–water partition coefficient (Wildman–Crippen LogP) is 3.45. The highest BCUT2D eigenvalue weighted by Gasteiger charge is 2.34. The molecule has 1 fully saturated rings. The molecule has 29 heavy (non-hydrogen) atoms. The molecule has 150 valence electrons. The van der Waals surface area contributed by atoms with Crippen LogP contribution in [0.25, 0.3) is 11.1 Å². The second-order valence-electron chi connectivity index (χ2n) is 6.84. The Labute approximate surface area is 166 Å². The molecule has 0 aliphatic carbocycles. The Morgan fingerprint density at radius 3 is 2.28 bits per heavy atom. The number of hydrogen-bond acceptors (Lipinski definition) is 2. The van der Waals surface area contributed by atoms with E-state index in [1.165, 1.54) is 17.0 Å². The molecule has 0 saturated carbocycles. The number of benzene rings is 2. The summed E-state index contributed by atoms with van der Waals surface area (Å²) in [5, 5.41) is 0. The van der Waals surface area contributed by atoms with Crippen molar-refractivity contribution in [3.8, 4) is 23.0 Å². The van der Waals surface area contributed by atoms with Crippen molar-refractivity contribution in [2.45, 2.75) is 19.0 Å². The molecule has 2 aromatic carbocycles. The largest absolute Gasteiger partial charge is 0.417 e. The van der Waals surface area contributed by atoms with Crippen LogP contribution in [-0.2, 0) is 15.8 Å². The molecule has 2 N–H and O–H groups in total. The first-order valence-electron chi connectivity index (χ1n) is 9.12. The van der Waals surface area contributed by atoms with Gasteiger partial charge in [0.2, 0.25) is 5.91 Å². The Hall–Kier alpha value is -3.27. The summed E-state index contributed by atoms with van der Waals surface area (Å²) in [6.07, 6.45) is -3.62. The number of carbonyl (C=O) groups excluding carboxylic acids is 2. The lowest BCUT2D eigenvalue weighted by molar-refractivity contribution is -0.137. The Balaban J connectivity index is 1.81. The first kappa shape index (κ1) is 20.5. The predicted molar refractivity (Wildman–Crippen MR) is 102 cm³/mol. The van der Waals surface area contributed by atoms with Gasteiger partial charge >= 0.3 is 6.18 Å². The number of carbonyl (C=O) groups is 2. The molecule has 2 amide bonds. The molecule has 0 atom stereocenters. The number of rotatable bonds is 2. The van der Waals surface area contributed by atoms with Gasteiger partial charge in [-0.3, -0.25) is 9.59 Å². The summed E-state index contributed by atoms with van der Waals surface area (Å²) < 4.78 is 40.6. The number of primary amides is 1. The van der Waals surface area contributed by atoms with Crippen molar-refractivity contribution in [2.75, 3.05) is 13.1 Å². The summed E-state index contributed by atoms with van der Waals surface area (Å²) in [5.74, 6) is 3.81. The van der Waals surface area contributed by atoms with Gasteiger partial charge in [-0.15, -0.1) is 0 Å². The van der Waals surface area contributed by atoms with Crippen LogP contribution in [0.4, 0.5) is 13.2 Å². The van der Waals surface area contributed by atoms with Crippen molar-refractivity contribution in [3.63, 3.8) is 0 Å². The Kier molecular flexibility index (Phi) is 5.92. The quantitative estimate of drug-likeness (QED) is 0.785. The van der Waals surface area contributed by atoms with Gasteiger partial charge in [0.15, 0.2) is 0 Å². The number of nitrogens with zero attached hydrogens (tertiary/aromatic N) is 1. The van der Waals surface area contributed by atoms with Crippen molar-refractivity contribution in [1.29, 1.82) is 0 Å². The van der Waals surface area contributed by atoms with Crippen molar-refractivity contribution in [1.82, 2.24) is 4.90 Å². The van der Waals surface area contributed by atoms with Gasteiger partial charge in [0, 0.05) is 30.5 Å². The zero-order chi connectivity index (χ0) is 21.0. The average Bonchev–Trinajstić information content (AvgIpc) is 2.72. The second-order valence-corrected chi connectivity index (χ2v) is 6.84. The van der Waals surface area contributed by atoms with Gasteiger partial charge in [0.25, 0.3) is 5.91 Å². The molecule has 4 nitrogen and oxygen atoms in total. The van der Waals surface area contributed by atoms with E-state index in [0.717, 1.165) is 6.07 Å². The number of piperidine rings is 1. The van der Waals surface area contributed by atoms with Crippen molar-refractivity contribution < 1.29 is 22.8 Å². The minimum absolute atomic E-state index is 0.0588. The van der Waals surface area contributed by atoms with Crippen LogP contribution in [0, 0.1) is 17.8 Å². The minimum Gasteiger partial charge on any atom is -0.369 e. The summed E-state index contributed by atoms with van der Waals surface area (Å²) >= 11 is 0. The van der Waals surface area contributed by atoms with Gasteiger partial charge in [-0.1, -0.05) is 42.3 Å². The van der Waals surface area contributed by atoms with Crippen LogP contribution < -0.4 is 5.73 Å². The van der Waals surface area contributed by atoms with E-state index in [-0.39, 0.29) is 23.0 Å². The molecule has 0 bridgehead atoms. The molecule has 2 aromatic rings. The van der Waals surface area contributed by atoms with E-state index in [0.29, 0.717) is 31.5 Å². The maximum Gasteiger partial charge on any atom is 0.417 e. The van der Waals surface area contributed by atoms with Gasteiger partial charge < -0.3 is 10.6 Å². The average molecular weight is 400 g/mol. The van der Waals surface area contributed by atoms with E-state index in [9.17, 15) is 22.8 Å². The Morgan fingerprint density at radius 2 is 1.69 bits per heavy atom. The summed E-state index contributed by atoms with van der Waals surface area (Å²) in [5.41, 5.74) is 5.08. The molecule has 0 unspecified atom stereocenters. The van der Waals surface area contributed by atoms with E-state index < -0.39 is 17.6 Å². The standard InChI is InChI=1S/C22H19F3N2O2/c23-22(24,25)19-14-15(6-8-18(19)16-4-2-1-3-5-16)7-9-20(28)27-12-10-17(11-13-27)21(26)29/h1-6,8,14,17H,10-13H2,(H2,26,29). The Bertz CT molecular complexity index is 967. The van der Waals surface area contributed by atoms with E-state index in [1.807, 2.05) is 0 Å².